The number of carbonyl (C=O) groups excluding carboxylic acids is 1. The highest BCUT2D eigenvalue weighted by molar-refractivity contribution is 7.99. The Kier molecular flexibility index (Phi) is 2.37. The first-order valence-electron chi connectivity index (χ1n) is 3.78. The third-order valence-corrected chi connectivity index (χ3v) is 3.92. The molecule has 12 heavy (non-hydrogen) atoms. The lowest BCUT2D eigenvalue weighted by atomic mass is 10.3. The molecular formula is C8H9NOS2. The van der Waals surface area contributed by atoms with Crippen molar-refractivity contribution in [2.75, 3.05) is 0 Å². The predicted molar refractivity (Wildman–Crippen MR) is 52.2 cm³/mol. The van der Waals surface area contributed by atoms with Gasteiger partial charge in [0.25, 0.3) is 0 Å². The van der Waals surface area contributed by atoms with Crippen molar-refractivity contribution in [2.45, 2.75) is 17.5 Å². The molecule has 1 fully saturated rings. The molecule has 1 aliphatic heterocycles. The molecule has 0 bridgehead atoms. The molecule has 1 amide bonds. The van der Waals surface area contributed by atoms with Gasteiger partial charge >= 0.3 is 0 Å². The van der Waals surface area contributed by atoms with Crippen molar-refractivity contribution >= 4 is 29.0 Å². The molecule has 1 saturated heterocycles. The van der Waals surface area contributed by atoms with Crippen LogP contribution in [0, 0.1) is 0 Å². The topological polar surface area (TPSA) is 29.1 Å². The second-order valence-electron chi connectivity index (χ2n) is 2.65. The molecule has 1 aromatic rings. The molecule has 1 N–H and O–H groups in total. The van der Waals surface area contributed by atoms with Gasteiger partial charge in [0.1, 0.15) is 0 Å². The fraction of sp³-hybridized carbons (Fsp3) is 0.375. The first-order valence-corrected chi connectivity index (χ1v) is 5.71. The Morgan fingerprint density at radius 3 is 3.17 bits per heavy atom. The molecule has 0 spiro atoms. The zero-order chi connectivity index (χ0) is 8.39. The highest BCUT2D eigenvalue weighted by atomic mass is 32.2. The van der Waals surface area contributed by atoms with E-state index < -0.39 is 0 Å². The lowest BCUT2D eigenvalue weighted by Gasteiger charge is -2.25. The van der Waals surface area contributed by atoms with Crippen molar-refractivity contribution in [1.82, 2.24) is 5.32 Å². The summed E-state index contributed by atoms with van der Waals surface area (Å²) in [6.07, 6.45) is 0.691. The molecule has 1 atom stereocenters. The number of amides is 1. The second-order valence-corrected chi connectivity index (χ2v) is 4.87. The minimum Gasteiger partial charge on any atom is -0.344 e. The zero-order valence-electron chi connectivity index (χ0n) is 6.45. The van der Waals surface area contributed by atoms with Crippen LogP contribution < -0.4 is 5.32 Å². The highest BCUT2D eigenvalue weighted by Gasteiger charge is 2.24. The van der Waals surface area contributed by atoms with Crippen molar-refractivity contribution in [3.8, 4) is 0 Å². The maximum absolute atomic E-state index is 10.5. The third-order valence-electron chi connectivity index (χ3n) is 1.70. The number of thioether (sulfide) groups is 1. The van der Waals surface area contributed by atoms with Gasteiger partial charge < -0.3 is 5.32 Å². The third kappa shape index (κ3) is 1.81. The van der Waals surface area contributed by atoms with Crippen LogP contribution in [0.2, 0.25) is 0 Å². The minimum absolute atomic E-state index is 0.179. The summed E-state index contributed by atoms with van der Waals surface area (Å²) in [4.78, 5) is 11.9. The van der Waals surface area contributed by atoms with Gasteiger partial charge in [-0.2, -0.15) is 0 Å². The Morgan fingerprint density at radius 2 is 2.58 bits per heavy atom. The smallest absolute Gasteiger partial charge is 0.223 e. The number of rotatable bonds is 3. The lowest BCUT2D eigenvalue weighted by Crippen LogP contribution is -2.46. The average molecular weight is 199 g/mol. The second kappa shape index (κ2) is 3.49. The van der Waals surface area contributed by atoms with Crippen molar-refractivity contribution in [1.29, 1.82) is 0 Å². The van der Waals surface area contributed by atoms with Gasteiger partial charge in [-0.15, -0.1) is 23.1 Å². The largest absolute Gasteiger partial charge is 0.344 e. The SMILES string of the molecule is O=C1CC(SCc2cccs2)N1. The molecule has 4 heteroatoms. The van der Waals surface area contributed by atoms with Crippen molar-refractivity contribution in [3.63, 3.8) is 0 Å². The fourth-order valence-corrected chi connectivity index (χ4v) is 2.92. The molecule has 0 aliphatic carbocycles. The summed E-state index contributed by atoms with van der Waals surface area (Å²) < 4.78 is 0. The Morgan fingerprint density at radius 1 is 1.75 bits per heavy atom. The number of nitrogens with one attached hydrogen (secondary N) is 1. The van der Waals surface area contributed by atoms with E-state index in [1.807, 2.05) is 0 Å². The fourth-order valence-electron chi connectivity index (χ4n) is 1.00. The molecule has 1 aliphatic rings. The van der Waals surface area contributed by atoms with E-state index in [-0.39, 0.29) is 5.91 Å². The molecule has 2 nitrogen and oxygen atoms in total. The molecule has 0 saturated carbocycles. The van der Waals surface area contributed by atoms with Crippen LogP contribution in [0.25, 0.3) is 0 Å². The molecule has 64 valence electrons. The van der Waals surface area contributed by atoms with Gasteiger partial charge in [0.2, 0.25) is 5.91 Å². The highest BCUT2D eigenvalue weighted by Crippen LogP contribution is 2.24. The summed E-state index contributed by atoms with van der Waals surface area (Å²) in [5.41, 5.74) is 0. The Bertz CT molecular complexity index is 263. The Hall–Kier alpha value is -0.480. The van der Waals surface area contributed by atoms with Crippen LogP contribution in [0.4, 0.5) is 0 Å². The van der Waals surface area contributed by atoms with Crippen LogP contribution in [-0.4, -0.2) is 11.3 Å². The summed E-state index contributed by atoms with van der Waals surface area (Å²) in [6, 6.07) is 4.18. The maximum atomic E-state index is 10.5. The van der Waals surface area contributed by atoms with Gasteiger partial charge in [0.15, 0.2) is 0 Å². The van der Waals surface area contributed by atoms with Crippen LogP contribution in [-0.2, 0) is 10.5 Å². The van der Waals surface area contributed by atoms with Crippen LogP contribution >= 0.6 is 23.1 Å². The number of carbonyl (C=O) groups is 1. The van der Waals surface area contributed by atoms with E-state index >= 15 is 0 Å². The van der Waals surface area contributed by atoms with Crippen molar-refractivity contribution in [2.24, 2.45) is 0 Å². The van der Waals surface area contributed by atoms with Crippen LogP contribution in [0.15, 0.2) is 17.5 Å². The first kappa shape index (κ1) is 8.13. The summed E-state index contributed by atoms with van der Waals surface area (Å²) in [7, 11) is 0. The molecular weight excluding hydrogens is 190 g/mol. The van der Waals surface area contributed by atoms with E-state index in [1.165, 1.54) is 4.88 Å². The average Bonchev–Trinajstić information content (AvgIpc) is 2.47. The predicted octanol–water partition coefficient (Wildman–Crippen LogP) is 1.83. The van der Waals surface area contributed by atoms with Gasteiger partial charge in [-0.05, 0) is 11.4 Å². The Balaban J connectivity index is 1.73. The number of hydrogen-bond donors (Lipinski definition) is 1. The number of β-lactam (4-membered cyclic amide) rings is 1. The summed E-state index contributed by atoms with van der Waals surface area (Å²) in [5, 5.41) is 5.27. The lowest BCUT2D eigenvalue weighted by molar-refractivity contribution is -0.126. The molecule has 0 aromatic carbocycles. The zero-order valence-corrected chi connectivity index (χ0v) is 8.08. The Labute approximate surface area is 79.4 Å². The molecule has 0 radical (unpaired) electrons. The van der Waals surface area contributed by atoms with E-state index in [0.717, 1.165) is 5.75 Å². The van der Waals surface area contributed by atoms with E-state index in [9.17, 15) is 4.79 Å². The van der Waals surface area contributed by atoms with Crippen LogP contribution in [0.3, 0.4) is 0 Å². The number of thiophene rings is 1. The molecule has 2 heterocycles. The normalized spacial score (nSPS) is 21.7. The monoisotopic (exact) mass is 199 g/mol. The van der Waals surface area contributed by atoms with Crippen molar-refractivity contribution < 1.29 is 4.79 Å². The van der Waals surface area contributed by atoms with Crippen LogP contribution in [0.5, 0.6) is 0 Å². The van der Waals surface area contributed by atoms with Crippen LogP contribution in [0.1, 0.15) is 11.3 Å². The first-order chi connectivity index (χ1) is 5.84. The van der Waals surface area contributed by atoms with Gasteiger partial charge in [0, 0.05) is 10.6 Å². The summed E-state index contributed by atoms with van der Waals surface area (Å²) in [5.74, 6) is 1.20. The van der Waals surface area contributed by atoms with Gasteiger partial charge in [0.05, 0.1) is 11.8 Å². The van der Waals surface area contributed by atoms with Crippen molar-refractivity contribution in [3.05, 3.63) is 22.4 Å². The molecule has 2 rings (SSSR count). The van der Waals surface area contributed by atoms with E-state index in [2.05, 4.69) is 22.8 Å². The quantitative estimate of drug-likeness (QED) is 0.752. The molecule has 1 aromatic heterocycles. The summed E-state index contributed by atoms with van der Waals surface area (Å²) >= 11 is 3.57. The minimum atomic E-state index is 0.179. The van der Waals surface area contributed by atoms with E-state index in [4.69, 9.17) is 0 Å². The maximum Gasteiger partial charge on any atom is 0.223 e. The van der Waals surface area contributed by atoms with Gasteiger partial charge in [-0.1, -0.05) is 6.07 Å². The summed E-state index contributed by atoms with van der Waals surface area (Å²) in [6.45, 7) is 0. The van der Waals surface area contributed by atoms with E-state index in [0.29, 0.717) is 11.8 Å². The van der Waals surface area contributed by atoms with E-state index in [1.54, 1.807) is 23.1 Å². The number of hydrogen-bond acceptors (Lipinski definition) is 3. The van der Waals surface area contributed by atoms with Gasteiger partial charge in [-0.3, -0.25) is 4.79 Å². The molecule has 1 unspecified atom stereocenters. The van der Waals surface area contributed by atoms with Gasteiger partial charge in [-0.25, -0.2) is 0 Å². The standard InChI is InChI=1S/C8H9NOS2/c10-7-4-8(9-7)12-5-6-2-1-3-11-6/h1-3,8H,4-5H2,(H,9,10).